The van der Waals surface area contributed by atoms with Crippen LogP contribution in [0.25, 0.3) is 0 Å². The van der Waals surface area contributed by atoms with Gasteiger partial charge in [-0.3, -0.25) is 9.59 Å². The summed E-state index contributed by atoms with van der Waals surface area (Å²) in [4.78, 5) is 27.5. The van der Waals surface area contributed by atoms with Gasteiger partial charge in [-0.15, -0.1) is 11.8 Å². The maximum Gasteiger partial charge on any atom is 0.242 e. The molecule has 0 aliphatic carbocycles. The molecule has 30 heavy (non-hydrogen) atoms. The highest BCUT2D eigenvalue weighted by Crippen LogP contribution is 2.19. The number of hydrogen-bond acceptors (Lipinski definition) is 3. The van der Waals surface area contributed by atoms with Gasteiger partial charge in [-0.1, -0.05) is 59.3 Å². The molecule has 0 fully saturated rings. The number of hydrogen-bond donors (Lipinski definition) is 1. The van der Waals surface area contributed by atoms with Crippen LogP contribution in [-0.4, -0.2) is 34.6 Å². The topological polar surface area (TPSA) is 49.4 Å². The van der Waals surface area contributed by atoms with Gasteiger partial charge in [0.2, 0.25) is 11.8 Å². The van der Waals surface area contributed by atoms with E-state index in [2.05, 4.69) is 40.3 Å². The number of aryl methyl sites for hydroxylation is 1. The first-order chi connectivity index (χ1) is 14.3. The number of carbonyl (C=O) groups is 2. The minimum Gasteiger partial charge on any atom is -0.352 e. The summed E-state index contributed by atoms with van der Waals surface area (Å²) in [5, 5.41) is 3.00. The Labute approximate surface area is 192 Å². The van der Waals surface area contributed by atoms with Crippen molar-refractivity contribution in [2.24, 2.45) is 0 Å². The average molecular weight is 491 g/mol. The van der Waals surface area contributed by atoms with Crippen LogP contribution in [0, 0.1) is 6.92 Å². The fourth-order valence-corrected chi connectivity index (χ4v) is 4.42. The molecule has 2 amide bonds. The molecular weight excluding hydrogens is 460 g/mol. The predicted molar refractivity (Wildman–Crippen MR) is 129 cm³/mol. The van der Waals surface area contributed by atoms with Gasteiger partial charge < -0.3 is 10.2 Å². The molecule has 2 rings (SSSR count). The maximum atomic E-state index is 13.1. The normalized spacial score (nSPS) is 12.8. The lowest BCUT2D eigenvalue weighted by atomic mass is 10.1. The number of thioether (sulfide) groups is 1. The second-order valence-electron chi connectivity index (χ2n) is 7.56. The number of carbonyl (C=O) groups excluding carboxylic acids is 2. The quantitative estimate of drug-likeness (QED) is 0.489. The van der Waals surface area contributed by atoms with E-state index in [1.807, 2.05) is 50.2 Å². The Hall–Kier alpha value is -1.79. The second kappa shape index (κ2) is 12.2. The van der Waals surface area contributed by atoms with Crippen LogP contribution in [0.2, 0.25) is 0 Å². The van der Waals surface area contributed by atoms with Gasteiger partial charge in [0.1, 0.15) is 6.04 Å². The number of benzene rings is 2. The van der Waals surface area contributed by atoms with Crippen molar-refractivity contribution in [1.82, 2.24) is 10.2 Å². The van der Waals surface area contributed by atoms with Gasteiger partial charge in [0.25, 0.3) is 0 Å². The third-order valence-corrected chi connectivity index (χ3v) is 6.61. The molecule has 0 heterocycles. The number of nitrogens with one attached hydrogen (secondary N) is 1. The van der Waals surface area contributed by atoms with Crippen LogP contribution in [-0.2, 0) is 21.9 Å². The Morgan fingerprint density at radius 3 is 2.53 bits per heavy atom. The first-order valence-electron chi connectivity index (χ1n) is 10.3. The Balaban J connectivity index is 2.09. The fourth-order valence-electron chi connectivity index (χ4n) is 2.98. The van der Waals surface area contributed by atoms with Crippen LogP contribution in [0.15, 0.2) is 53.0 Å². The molecule has 0 radical (unpaired) electrons. The molecule has 0 saturated carbocycles. The molecule has 0 aromatic heterocycles. The average Bonchev–Trinajstić information content (AvgIpc) is 2.72. The lowest BCUT2D eigenvalue weighted by Crippen LogP contribution is -2.50. The molecule has 0 unspecified atom stereocenters. The second-order valence-corrected chi connectivity index (χ2v) is 9.47. The standard InChI is InChI=1S/C24H31BrN2O2S/c1-5-18(3)26-24(29)19(4)27(14-20-10-8-12-22(25)13-20)23(28)16-30-15-21-11-7-6-9-17(21)2/h6-13,18-19H,5,14-16H2,1-4H3,(H,26,29)/t18-,19-/m0/s1. The van der Waals surface area contributed by atoms with Crippen molar-refractivity contribution in [3.8, 4) is 0 Å². The Kier molecular flexibility index (Phi) is 9.92. The van der Waals surface area contributed by atoms with Crippen molar-refractivity contribution >= 4 is 39.5 Å². The van der Waals surface area contributed by atoms with Gasteiger partial charge in [-0.25, -0.2) is 0 Å². The lowest BCUT2D eigenvalue weighted by Gasteiger charge is -2.29. The number of nitrogens with zero attached hydrogens (tertiary/aromatic N) is 1. The third-order valence-electron chi connectivity index (χ3n) is 5.15. The fraction of sp³-hybridized carbons (Fsp3) is 0.417. The highest BCUT2D eigenvalue weighted by atomic mass is 79.9. The van der Waals surface area contributed by atoms with Crippen molar-refractivity contribution in [3.05, 3.63) is 69.7 Å². The zero-order valence-electron chi connectivity index (χ0n) is 18.2. The molecule has 0 saturated heterocycles. The van der Waals surface area contributed by atoms with Crippen LogP contribution in [0.1, 0.15) is 43.9 Å². The number of halogens is 1. The third kappa shape index (κ3) is 7.47. The van der Waals surface area contributed by atoms with Gasteiger partial charge in [0, 0.05) is 22.8 Å². The highest BCUT2D eigenvalue weighted by molar-refractivity contribution is 9.10. The smallest absolute Gasteiger partial charge is 0.242 e. The summed E-state index contributed by atoms with van der Waals surface area (Å²) in [6, 6.07) is 15.6. The molecule has 2 aromatic rings. The van der Waals surface area contributed by atoms with E-state index < -0.39 is 6.04 Å². The minimum atomic E-state index is -0.537. The first-order valence-corrected chi connectivity index (χ1v) is 12.2. The number of rotatable bonds is 10. The molecule has 2 aromatic carbocycles. The molecule has 0 aliphatic heterocycles. The molecule has 0 bridgehead atoms. The van der Waals surface area contributed by atoms with Crippen LogP contribution in [0.4, 0.5) is 0 Å². The zero-order chi connectivity index (χ0) is 22.1. The van der Waals surface area contributed by atoms with Gasteiger partial charge in [-0.2, -0.15) is 0 Å². The van der Waals surface area contributed by atoms with E-state index >= 15 is 0 Å². The summed E-state index contributed by atoms with van der Waals surface area (Å²) in [7, 11) is 0. The molecule has 6 heteroatoms. The summed E-state index contributed by atoms with van der Waals surface area (Å²) < 4.78 is 0.957. The van der Waals surface area contributed by atoms with E-state index in [1.54, 1.807) is 23.6 Å². The van der Waals surface area contributed by atoms with Crippen molar-refractivity contribution in [1.29, 1.82) is 0 Å². The van der Waals surface area contributed by atoms with E-state index in [0.717, 1.165) is 22.2 Å². The highest BCUT2D eigenvalue weighted by Gasteiger charge is 2.26. The summed E-state index contributed by atoms with van der Waals surface area (Å²) in [6.45, 7) is 8.29. The monoisotopic (exact) mass is 490 g/mol. The van der Waals surface area contributed by atoms with Gasteiger partial charge in [0.15, 0.2) is 0 Å². The van der Waals surface area contributed by atoms with E-state index in [4.69, 9.17) is 0 Å². The first kappa shape index (κ1) is 24.5. The predicted octanol–water partition coefficient (Wildman–Crippen LogP) is 5.32. The van der Waals surface area contributed by atoms with Crippen molar-refractivity contribution in [2.45, 2.75) is 58.5 Å². The molecule has 1 N–H and O–H groups in total. The maximum absolute atomic E-state index is 13.1. The Bertz CT molecular complexity index is 859. The Morgan fingerprint density at radius 1 is 1.13 bits per heavy atom. The molecule has 4 nitrogen and oxygen atoms in total. The van der Waals surface area contributed by atoms with Crippen molar-refractivity contribution in [2.75, 3.05) is 5.75 Å². The Morgan fingerprint density at radius 2 is 1.87 bits per heavy atom. The summed E-state index contributed by atoms with van der Waals surface area (Å²) in [6.07, 6.45) is 0.852. The SMILES string of the molecule is CC[C@H](C)NC(=O)[C@H](C)N(Cc1cccc(Br)c1)C(=O)CSCc1ccccc1C. The van der Waals surface area contributed by atoms with Crippen molar-refractivity contribution in [3.63, 3.8) is 0 Å². The van der Waals surface area contributed by atoms with Gasteiger partial charge >= 0.3 is 0 Å². The lowest BCUT2D eigenvalue weighted by molar-refractivity contribution is -0.138. The van der Waals surface area contributed by atoms with E-state index in [0.29, 0.717) is 12.3 Å². The largest absolute Gasteiger partial charge is 0.352 e. The molecular formula is C24H31BrN2O2S. The molecule has 0 aliphatic rings. The van der Waals surface area contributed by atoms with Crippen LogP contribution >= 0.6 is 27.7 Å². The molecule has 162 valence electrons. The van der Waals surface area contributed by atoms with Gasteiger partial charge in [-0.05, 0) is 56.0 Å². The number of amides is 2. The van der Waals surface area contributed by atoms with E-state index in [9.17, 15) is 9.59 Å². The molecule has 2 atom stereocenters. The van der Waals surface area contributed by atoms with Gasteiger partial charge in [0.05, 0.1) is 5.75 Å². The van der Waals surface area contributed by atoms with Crippen LogP contribution in [0.3, 0.4) is 0 Å². The summed E-state index contributed by atoms with van der Waals surface area (Å²) in [5.74, 6) is 0.969. The minimum absolute atomic E-state index is 0.0274. The van der Waals surface area contributed by atoms with Crippen LogP contribution in [0.5, 0.6) is 0 Å². The summed E-state index contributed by atoms with van der Waals surface area (Å²) in [5.41, 5.74) is 3.45. The van der Waals surface area contributed by atoms with E-state index in [1.165, 1.54) is 11.1 Å². The van der Waals surface area contributed by atoms with Crippen LogP contribution < -0.4 is 5.32 Å². The summed E-state index contributed by atoms with van der Waals surface area (Å²) >= 11 is 5.07. The zero-order valence-corrected chi connectivity index (χ0v) is 20.6. The van der Waals surface area contributed by atoms with E-state index in [-0.39, 0.29) is 17.9 Å². The molecule has 0 spiro atoms. The van der Waals surface area contributed by atoms with Crippen molar-refractivity contribution < 1.29 is 9.59 Å².